The summed E-state index contributed by atoms with van der Waals surface area (Å²) >= 11 is 3.16. The maximum absolute atomic E-state index is 10.9. The van der Waals surface area contributed by atoms with Gasteiger partial charge in [-0.1, -0.05) is 15.9 Å². The van der Waals surface area contributed by atoms with Gasteiger partial charge in [0.05, 0.1) is 6.61 Å². The van der Waals surface area contributed by atoms with Gasteiger partial charge in [-0.15, -0.1) is 0 Å². The molecule has 0 rings (SSSR count). The molecule has 1 unspecified atom stereocenters. The normalized spacial score (nSPS) is 12.6. The Balaban J connectivity index is 3.46. The molecule has 0 aliphatic rings. The summed E-state index contributed by atoms with van der Waals surface area (Å²) in [5, 5.41) is 8.45. The summed E-state index contributed by atoms with van der Waals surface area (Å²) < 4.78 is 4.73. The van der Waals surface area contributed by atoms with E-state index in [2.05, 4.69) is 15.9 Å². The number of aliphatic hydroxyl groups excluding tert-OH is 1. The van der Waals surface area contributed by atoms with Crippen LogP contribution in [0.3, 0.4) is 0 Å². The molecule has 0 fully saturated rings. The summed E-state index contributed by atoms with van der Waals surface area (Å²) in [6.07, 6.45) is 1.24. The quantitative estimate of drug-likeness (QED) is 0.562. The van der Waals surface area contributed by atoms with Crippen molar-refractivity contribution in [1.82, 2.24) is 0 Å². The van der Waals surface area contributed by atoms with E-state index in [4.69, 9.17) is 9.84 Å². The van der Waals surface area contributed by atoms with Gasteiger partial charge in [0.1, 0.15) is 4.83 Å². The number of ether oxygens (including phenoxy) is 1. The van der Waals surface area contributed by atoms with Crippen LogP contribution in [0.15, 0.2) is 0 Å². The molecule has 0 aromatic heterocycles. The number of carbonyl (C=O) groups excluding carboxylic acids is 1. The van der Waals surface area contributed by atoms with Crippen molar-refractivity contribution in [2.45, 2.75) is 24.6 Å². The standard InChI is InChI=1S/C7H13BrO3/c1-2-11-7(10)6(8)4-3-5-9/h6,9H,2-5H2,1H3. The lowest BCUT2D eigenvalue weighted by Gasteiger charge is -2.06. The summed E-state index contributed by atoms with van der Waals surface area (Å²) in [5.41, 5.74) is 0. The molecule has 4 heteroatoms. The van der Waals surface area contributed by atoms with Crippen molar-refractivity contribution in [2.24, 2.45) is 0 Å². The predicted molar refractivity (Wildman–Crippen MR) is 45.7 cm³/mol. The van der Waals surface area contributed by atoms with Crippen molar-refractivity contribution in [1.29, 1.82) is 0 Å². The SMILES string of the molecule is CCOC(=O)C(Br)CCCO. The van der Waals surface area contributed by atoms with Crippen LogP contribution in [-0.4, -0.2) is 29.1 Å². The number of rotatable bonds is 5. The van der Waals surface area contributed by atoms with Gasteiger partial charge in [0, 0.05) is 6.61 Å². The molecule has 0 aliphatic heterocycles. The predicted octanol–water partition coefficient (Wildman–Crippen LogP) is 1.09. The van der Waals surface area contributed by atoms with Crippen molar-refractivity contribution in [3.05, 3.63) is 0 Å². The zero-order valence-corrected chi connectivity index (χ0v) is 8.13. The third-order valence-corrected chi connectivity index (χ3v) is 1.99. The van der Waals surface area contributed by atoms with E-state index in [9.17, 15) is 4.79 Å². The lowest BCUT2D eigenvalue weighted by atomic mass is 10.2. The minimum Gasteiger partial charge on any atom is -0.465 e. The zero-order valence-electron chi connectivity index (χ0n) is 6.55. The highest BCUT2D eigenvalue weighted by Gasteiger charge is 2.14. The first kappa shape index (κ1) is 10.9. The van der Waals surface area contributed by atoms with Gasteiger partial charge in [-0.05, 0) is 19.8 Å². The first-order chi connectivity index (χ1) is 5.22. The van der Waals surface area contributed by atoms with E-state index in [0.29, 0.717) is 19.4 Å². The van der Waals surface area contributed by atoms with Crippen molar-refractivity contribution >= 4 is 21.9 Å². The number of carbonyl (C=O) groups is 1. The van der Waals surface area contributed by atoms with Crippen LogP contribution in [0.5, 0.6) is 0 Å². The fraction of sp³-hybridized carbons (Fsp3) is 0.857. The first-order valence-electron chi connectivity index (χ1n) is 3.64. The highest BCUT2D eigenvalue weighted by molar-refractivity contribution is 9.10. The fourth-order valence-corrected chi connectivity index (χ4v) is 1.08. The molecule has 1 atom stereocenters. The molecule has 0 bridgehead atoms. The largest absolute Gasteiger partial charge is 0.465 e. The van der Waals surface area contributed by atoms with Crippen molar-refractivity contribution in [3.8, 4) is 0 Å². The Hall–Kier alpha value is -0.0900. The second kappa shape index (κ2) is 6.61. The summed E-state index contributed by atoms with van der Waals surface area (Å²) in [7, 11) is 0. The van der Waals surface area contributed by atoms with Crippen LogP contribution in [0, 0.1) is 0 Å². The van der Waals surface area contributed by atoms with Crippen molar-refractivity contribution in [2.75, 3.05) is 13.2 Å². The molecule has 0 aromatic rings. The Labute approximate surface area is 74.9 Å². The molecular formula is C7H13BrO3. The fourth-order valence-electron chi connectivity index (χ4n) is 0.621. The Morgan fingerprint density at radius 2 is 2.36 bits per heavy atom. The van der Waals surface area contributed by atoms with E-state index in [1.54, 1.807) is 6.92 Å². The summed E-state index contributed by atoms with van der Waals surface area (Å²) in [6.45, 7) is 2.28. The molecule has 0 spiro atoms. The molecule has 0 aromatic carbocycles. The molecular weight excluding hydrogens is 212 g/mol. The lowest BCUT2D eigenvalue weighted by molar-refractivity contribution is -0.142. The second-order valence-corrected chi connectivity index (χ2v) is 3.19. The van der Waals surface area contributed by atoms with Crippen LogP contribution in [0.4, 0.5) is 0 Å². The van der Waals surface area contributed by atoms with Gasteiger partial charge in [-0.2, -0.15) is 0 Å². The lowest BCUT2D eigenvalue weighted by Crippen LogP contribution is -2.17. The smallest absolute Gasteiger partial charge is 0.319 e. The van der Waals surface area contributed by atoms with E-state index < -0.39 is 0 Å². The van der Waals surface area contributed by atoms with Crippen LogP contribution < -0.4 is 0 Å². The van der Waals surface area contributed by atoms with Gasteiger partial charge < -0.3 is 9.84 Å². The zero-order chi connectivity index (χ0) is 8.69. The summed E-state index contributed by atoms with van der Waals surface area (Å²) in [4.78, 5) is 10.6. The topological polar surface area (TPSA) is 46.5 Å². The van der Waals surface area contributed by atoms with Crippen LogP contribution in [0.1, 0.15) is 19.8 Å². The Morgan fingerprint density at radius 3 is 2.82 bits per heavy atom. The summed E-state index contributed by atoms with van der Waals surface area (Å²) in [5.74, 6) is -0.249. The van der Waals surface area contributed by atoms with E-state index in [0.717, 1.165) is 0 Å². The van der Waals surface area contributed by atoms with Gasteiger partial charge in [-0.3, -0.25) is 4.79 Å². The van der Waals surface area contributed by atoms with Gasteiger partial charge in [-0.25, -0.2) is 0 Å². The number of esters is 1. The van der Waals surface area contributed by atoms with Gasteiger partial charge >= 0.3 is 5.97 Å². The van der Waals surface area contributed by atoms with Crippen LogP contribution in [0.2, 0.25) is 0 Å². The number of aliphatic hydroxyl groups is 1. The van der Waals surface area contributed by atoms with Crippen LogP contribution in [0.25, 0.3) is 0 Å². The Bertz CT molecular complexity index is 116. The summed E-state index contributed by atoms with van der Waals surface area (Å²) in [6, 6.07) is 0. The molecule has 3 nitrogen and oxygen atoms in total. The molecule has 1 N–H and O–H groups in total. The van der Waals surface area contributed by atoms with E-state index in [-0.39, 0.29) is 17.4 Å². The third-order valence-electron chi connectivity index (χ3n) is 1.16. The minimum absolute atomic E-state index is 0.113. The molecule has 0 saturated carbocycles. The third kappa shape index (κ3) is 5.21. The second-order valence-electron chi connectivity index (χ2n) is 2.09. The molecule has 0 heterocycles. The highest BCUT2D eigenvalue weighted by atomic mass is 79.9. The van der Waals surface area contributed by atoms with Gasteiger partial charge in [0.15, 0.2) is 0 Å². The van der Waals surface area contributed by atoms with Crippen molar-refractivity contribution in [3.63, 3.8) is 0 Å². The molecule has 0 aliphatic carbocycles. The average molecular weight is 225 g/mol. The Morgan fingerprint density at radius 1 is 1.73 bits per heavy atom. The molecule has 0 amide bonds. The first-order valence-corrected chi connectivity index (χ1v) is 4.55. The van der Waals surface area contributed by atoms with Gasteiger partial charge in [0.2, 0.25) is 0 Å². The van der Waals surface area contributed by atoms with Gasteiger partial charge in [0.25, 0.3) is 0 Å². The minimum atomic E-state index is -0.269. The average Bonchev–Trinajstić information content (AvgIpc) is 2.00. The molecule has 66 valence electrons. The van der Waals surface area contributed by atoms with Crippen LogP contribution in [-0.2, 0) is 9.53 Å². The van der Waals surface area contributed by atoms with Crippen LogP contribution >= 0.6 is 15.9 Å². The Kier molecular flexibility index (Phi) is 6.56. The van der Waals surface area contributed by atoms with Crippen molar-refractivity contribution < 1.29 is 14.6 Å². The maximum Gasteiger partial charge on any atom is 0.319 e. The highest BCUT2D eigenvalue weighted by Crippen LogP contribution is 2.09. The van der Waals surface area contributed by atoms with E-state index >= 15 is 0 Å². The number of alkyl halides is 1. The number of halogens is 1. The number of hydrogen-bond donors (Lipinski definition) is 1. The van der Waals surface area contributed by atoms with E-state index in [1.807, 2.05) is 0 Å². The monoisotopic (exact) mass is 224 g/mol. The number of hydrogen-bond acceptors (Lipinski definition) is 3. The van der Waals surface area contributed by atoms with E-state index in [1.165, 1.54) is 0 Å². The molecule has 0 radical (unpaired) electrons. The molecule has 0 saturated heterocycles. The maximum atomic E-state index is 10.9. The molecule has 11 heavy (non-hydrogen) atoms.